The zero-order valence-electron chi connectivity index (χ0n) is 13.8. The lowest BCUT2D eigenvalue weighted by Crippen LogP contribution is -2.46. The fourth-order valence-electron chi connectivity index (χ4n) is 3.16. The van der Waals surface area contributed by atoms with Gasteiger partial charge in [-0.15, -0.1) is 0 Å². The van der Waals surface area contributed by atoms with Crippen LogP contribution in [0.5, 0.6) is 0 Å². The summed E-state index contributed by atoms with van der Waals surface area (Å²) in [4.78, 5) is 27.6. The van der Waals surface area contributed by atoms with Crippen LogP contribution in [0.25, 0.3) is 0 Å². The summed E-state index contributed by atoms with van der Waals surface area (Å²) < 4.78 is 1.62. The van der Waals surface area contributed by atoms with E-state index in [1.165, 1.54) is 6.20 Å². The molecule has 4 N–H and O–H groups in total. The molecule has 0 unspecified atom stereocenters. The van der Waals surface area contributed by atoms with Gasteiger partial charge in [0.05, 0.1) is 5.60 Å². The number of aliphatic hydroxyl groups is 1. The van der Waals surface area contributed by atoms with Gasteiger partial charge in [0, 0.05) is 30.9 Å². The lowest BCUT2D eigenvalue weighted by Gasteiger charge is -2.33. The molecule has 0 aliphatic heterocycles. The Hall–Kier alpha value is -1.89. The number of nitrogens with one attached hydrogen (secondary N) is 1. The molecule has 1 aromatic heterocycles. The van der Waals surface area contributed by atoms with Gasteiger partial charge in [0.1, 0.15) is 0 Å². The van der Waals surface area contributed by atoms with Crippen molar-refractivity contribution in [1.29, 1.82) is 0 Å². The Bertz CT molecular complexity index is 574. The number of rotatable bonds is 6. The molecule has 0 radical (unpaired) electrons. The molecule has 1 aliphatic rings. The van der Waals surface area contributed by atoms with Crippen molar-refractivity contribution in [2.24, 2.45) is 5.73 Å². The Morgan fingerprint density at radius 2 is 2.04 bits per heavy atom. The summed E-state index contributed by atoms with van der Waals surface area (Å²) in [5, 5.41) is 13.2. The fraction of sp³-hybridized carbons (Fsp3) is 0.688. The van der Waals surface area contributed by atoms with Gasteiger partial charge in [0.15, 0.2) is 5.82 Å². The Balaban J connectivity index is 1.95. The molecule has 0 saturated heterocycles. The van der Waals surface area contributed by atoms with E-state index in [1.807, 2.05) is 13.8 Å². The maximum Gasteiger partial charge on any atom is 0.284 e. The summed E-state index contributed by atoms with van der Waals surface area (Å²) in [6, 6.07) is 0. The molecular weight excluding hydrogens is 296 g/mol. The fourth-order valence-corrected chi connectivity index (χ4v) is 3.16. The van der Waals surface area contributed by atoms with E-state index in [0.29, 0.717) is 0 Å². The van der Waals surface area contributed by atoms with E-state index in [4.69, 9.17) is 5.73 Å². The van der Waals surface area contributed by atoms with Crippen molar-refractivity contribution in [3.63, 3.8) is 0 Å². The minimum absolute atomic E-state index is 0.133. The highest BCUT2D eigenvalue weighted by molar-refractivity contribution is 5.89. The van der Waals surface area contributed by atoms with Crippen molar-refractivity contribution in [1.82, 2.24) is 14.9 Å². The Morgan fingerprint density at radius 1 is 1.39 bits per heavy atom. The summed E-state index contributed by atoms with van der Waals surface area (Å²) in [5.41, 5.74) is 3.88. The highest BCUT2D eigenvalue weighted by Crippen LogP contribution is 2.27. The maximum atomic E-state index is 12.2. The molecule has 7 nitrogen and oxygen atoms in total. The van der Waals surface area contributed by atoms with E-state index >= 15 is 0 Å². The van der Waals surface area contributed by atoms with Crippen LogP contribution in [0, 0.1) is 0 Å². The standard InChI is InChI=1S/C16H26N4O3/c1-15(2,20-9-8-18-14(20)13(17)22)10-12(21)19-11-16(23)6-4-3-5-7-16/h8-9,23H,3-7,10-11H2,1-2H3,(H2,17,22)(H,19,21). The Morgan fingerprint density at radius 3 is 2.65 bits per heavy atom. The highest BCUT2D eigenvalue weighted by Gasteiger charge is 2.31. The van der Waals surface area contributed by atoms with Crippen molar-refractivity contribution in [2.75, 3.05) is 6.54 Å². The first-order valence-corrected chi connectivity index (χ1v) is 8.06. The van der Waals surface area contributed by atoms with Gasteiger partial charge >= 0.3 is 0 Å². The van der Waals surface area contributed by atoms with Crippen LogP contribution in [-0.4, -0.2) is 38.6 Å². The van der Waals surface area contributed by atoms with E-state index in [1.54, 1.807) is 10.8 Å². The van der Waals surface area contributed by atoms with Gasteiger partial charge in [0.2, 0.25) is 5.91 Å². The lowest BCUT2D eigenvalue weighted by atomic mass is 9.85. The first-order valence-electron chi connectivity index (χ1n) is 8.06. The summed E-state index contributed by atoms with van der Waals surface area (Å²) >= 11 is 0. The molecule has 0 aromatic carbocycles. The van der Waals surface area contributed by atoms with Gasteiger partial charge in [-0.25, -0.2) is 4.98 Å². The second kappa shape index (κ2) is 6.70. The predicted octanol–water partition coefficient (Wildman–Crippen LogP) is 0.919. The molecule has 1 aromatic rings. The molecule has 1 saturated carbocycles. The first kappa shape index (κ1) is 17.5. The van der Waals surface area contributed by atoms with Gasteiger partial charge in [-0.2, -0.15) is 0 Å². The number of nitrogens with zero attached hydrogens (tertiary/aromatic N) is 2. The predicted molar refractivity (Wildman–Crippen MR) is 85.7 cm³/mol. The number of carbonyl (C=O) groups is 2. The van der Waals surface area contributed by atoms with Gasteiger partial charge in [-0.3, -0.25) is 9.59 Å². The SMILES string of the molecule is CC(C)(CC(=O)NCC1(O)CCCCC1)n1ccnc1C(N)=O. The third-order valence-corrected chi connectivity index (χ3v) is 4.51. The third kappa shape index (κ3) is 4.31. The quantitative estimate of drug-likeness (QED) is 0.723. The third-order valence-electron chi connectivity index (χ3n) is 4.51. The van der Waals surface area contributed by atoms with Crippen LogP contribution in [0.4, 0.5) is 0 Å². The van der Waals surface area contributed by atoms with Gasteiger partial charge in [0.25, 0.3) is 5.91 Å². The molecule has 23 heavy (non-hydrogen) atoms. The van der Waals surface area contributed by atoms with Crippen LogP contribution >= 0.6 is 0 Å². The molecule has 0 bridgehead atoms. The number of hydrogen-bond donors (Lipinski definition) is 3. The zero-order valence-corrected chi connectivity index (χ0v) is 13.8. The zero-order chi connectivity index (χ0) is 17.1. The summed E-state index contributed by atoms with van der Waals surface area (Å²) in [6.45, 7) is 3.96. The van der Waals surface area contributed by atoms with E-state index < -0.39 is 17.0 Å². The molecule has 1 aliphatic carbocycles. The average molecular weight is 322 g/mol. The minimum Gasteiger partial charge on any atom is -0.388 e. The molecule has 1 heterocycles. The van der Waals surface area contributed by atoms with Gasteiger partial charge in [-0.05, 0) is 26.7 Å². The maximum absolute atomic E-state index is 12.2. The van der Waals surface area contributed by atoms with Crippen LogP contribution in [0.2, 0.25) is 0 Å². The second-order valence-corrected chi connectivity index (χ2v) is 7.04. The summed E-state index contributed by atoms with van der Waals surface area (Å²) in [7, 11) is 0. The van der Waals surface area contributed by atoms with E-state index in [9.17, 15) is 14.7 Å². The molecule has 1 fully saturated rings. The Labute approximate surface area is 136 Å². The molecule has 2 rings (SSSR count). The van der Waals surface area contributed by atoms with Crippen molar-refractivity contribution in [3.8, 4) is 0 Å². The first-order chi connectivity index (χ1) is 10.7. The van der Waals surface area contributed by atoms with E-state index in [2.05, 4.69) is 10.3 Å². The minimum atomic E-state index is -0.786. The smallest absolute Gasteiger partial charge is 0.284 e. The number of primary amides is 1. The van der Waals surface area contributed by atoms with Crippen molar-refractivity contribution >= 4 is 11.8 Å². The van der Waals surface area contributed by atoms with E-state index in [0.717, 1.165) is 32.1 Å². The van der Waals surface area contributed by atoms with Crippen LogP contribution in [0.1, 0.15) is 63.0 Å². The number of aromatic nitrogens is 2. The number of carbonyl (C=O) groups excluding carboxylic acids is 2. The number of amides is 2. The molecular formula is C16H26N4O3. The monoisotopic (exact) mass is 322 g/mol. The molecule has 0 atom stereocenters. The highest BCUT2D eigenvalue weighted by atomic mass is 16.3. The van der Waals surface area contributed by atoms with Crippen LogP contribution in [-0.2, 0) is 10.3 Å². The second-order valence-electron chi connectivity index (χ2n) is 7.04. The molecule has 0 spiro atoms. The molecule has 128 valence electrons. The molecule has 2 amide bonds. The molecule has 7 heteroatoms. The number of nitrogens with two attached hydrogens (primary N) is 1. The van der Waals surface area contributed by atoms with Gasteiger partial charge in [-0.1, -0.05) is 19.3 Å². The van der Waals surface area contributed by atoms with Gasteiger partial charge < -0.3 is 20.7 Å². The summed E-state index contributed by atoms with van der Waals surface area (Å²) in [6.07, 6.45) is 7.88. The normalized spacial score (nSPS) is 17.7. The largest absolute Gasteiger partial charge is 0.388 e. The Kier molecular flexibility index (Phi) is 5.09. The van der Waals surface area contributed by atoms with Crippen LogP contribution in [0.15, 0.2) is 12.4 Å². The van der Waals surface area contributed by atoms with Crippen molar-refractivity contribution in [3.05, 3.63) is 18.2 Å². The average Bonchev–Trinajstić information content (AvgIpc) is 2.96. The van der Waals surface area contributed by atoms with Crippen LogP contribution < -0.4 is 11.1 Å². The lowest BCUT2D eigenvalue weighted by molar-refractivity contribution is -0.124. The number of imidazole rings is 1. The van der Waals surface area contributed by atoms with E-state index in [-0.39, 0.29) is 24.7 Å². The topological polar surface area (TPSA) is 110 Å². The van der Waals surface area contributed by atoms with Crippen molar-refractivity contribution in [2.45, 2.75) is 63.5 Å². The number of hydrogen-bond acceptors (Lipinski definition) is 4. The van der Waals surface area contributed by atoms with Crippen LogP contribution in [0.3, 0.4) is 0 Å². The summed E-state index contributed by atoms with van der Waals surface area (Å²) in [5.74, 6) is -0.660. The van der Waals surface area contributed by atoms with Crippen molar-refractivity contribution < 1.29 is 14.7 Å².